The van der Waals surface area contributed by atoms with E-state index in [2.05, 4.69) is 69.1 Å². The van der Waals surface area contributed by atoms with Crippen LogP contribution in [-0.2, 0) is 5.54 Å². The topological polar surface area (TPSA) is 15.6 Å². The third kappa shape index (κ3) is 2.20. The molecule has 0 saturated heterocycles. The van der Waals surface area contributed by atoms with Crippen LogP contribution in [0.1, 0.15) is 59.9 Å². The molecule has 1 aliphatic heterocycles. The number of rotatable bonds is 2. The van der Waals surface area contributed by atoms with E-state index in [0.29, 0.717) is 0 Å². The molecule has 1 saturated carbocycles. The van der Waals surface area contributed by atoms with E-state index in [1.54, 1.807) is 0 Å². The Morgan fingerprint density at radius 3 is 2.54 bits per heavy atom. The first kappa shape index (κ1) is 15.4. The summed E-state index contributed by atoms with van der Waals surface area (Å²) in [6.45, 7) is 6.70. The molecule has 0 aromatic heterocycles. The Morgan fingerprint density at radius 1 is 1.04 bits per heavy atom. The van der Waals surface area contributed by atoms with Gasteiger partial charge in [-0.2, -0.15) is 0 Å². The number of benzene rings is 2. The maximum absolute atomic E-state index is 4.75. The summed E-state index contributed by atoms with van der Waals surface area (Å²) in [6.07, 6.45) is 6.02. The molecule has 0 radical (unpaired) electrons. The maximum Gasteiger partial charge on any atom is 0.0919 e. The van der Waals surface area contributed by atoms with Crippen LogP contribution >= 0.6 is 0 Å². The molecule has 24 heavy (non-hydrogen) atoms. The summed E-state index contributed by atoms with van der Waals surface area (Å²) >= 11 is 0. The van der Waals surface area contributed by atoms with Crippen LogP contribution in [0.25, 0.3) is 0 Å². The van der Waals surface area contributed by atoms with Crippen LogP contribution in [0.3, 0.4) is 0 Å². The molecule has 2 nitrogen and oxygen atoms in total. The van der Waals surface area contributed by atoms with E-state index < -0.39 is 0 Å². The minimum Gasteiger partial charge on any atom is -0.352 e. The molecule has 1 fully saturated rings. The van der Waals surface area contributed by atoms with E-state index in [1.807, 2.05) is 6.34 Å². The fourth-order valence-corrected chi connectivity index (χ4v) is 4.11. The highest BCUT2D eigenvalue weighted by molar-refractivity contribution is 5.72. The van der Waals surface area contributed by atoms with Gasteiger partial charge in [0.1, 0.15) is 0 Å². The first-order valence-electron chi connectivity index (χ1n) is 8.99. The van der Waals surface area contributed by atoms with Crippen LogP contribution in [0.4, 0.5) is 5.69 Å². The lowest BCUT2D eigenvalue weighted by Gasteiger charge is -2.43. The van der Waals surface area contributed by atoms with Crippen LogP contribution in [0.5, 0.6) is 0 Å². The molecule has 124 valence electrons. The van der Waals surface area contributed by atoms with Crippen molar-refractivity contribution >= 4 is 12.0 Å². The Hall–Kier alpha value is -2.09. The zero-order chi connectivity index (χ0) is 16.9. The van der Waals surface area contributed by atoms with Crippen molar-refractivity contribution in [2.75, 3.05) is 7.05 Å². The van der Waals surface area contributed by atoms with Gasteiger partial charge in [0.2, 0.25) is 0 Å². The lowest BCUT2D eigenvalue weighted by molar-refractivity contribution is 0.290. The van der Waals surface area contributed by atoms with Crippen LogP contribution in [0.15, 0.2) is 41.4 Å². The predicted molar refractivity (Wildman–Crippen MR) is 101 cm³/mol. The van der Waals surface area contributed by atoms with Crippen molar-refractivity contribution in [3.05, 3.63) is 64.2 Å². The zero-order valence-electron chi connectivity index (χ0n) is 15.1. The smallest absolute Gasteiger partial charge is 0.0919 e. The third-order valence-electron chi connectivity index (χ3n) is 6.12. The molecule has 0 N–H and O–H groups in total. The predicted octanol–water partition coefficient (Wildman–Crippen LogP) is 5.44. The SMILES string of the molecule is Cc1ccc(C)c(C2(C)c3ccc(C4CCC4)cc3N=CN2C)c1. The number of hydrogen-bond donors (Lipinski definition) is 0. The highest BCUT2D eigenvalue weighted by Crippen LogP contribution is 2.46. The molecule has 0 amide bonds. The summed E-state index contributed by atoms with van der Waals surface area (Å²) in [5, 5.41) is 0. The first-order chi connectivity index (χ1) is 11.5. The summed E-state index contributed by atoms with van der Waals surface area (Å²) in [7, 11) is 2.13. The molecular weight excluding hydrogens is 292 g/mol. The van der Waals surface area contributed by atoms with Crippen LogP contribution in [-0.4, -0.2) is 18.3 Å². The van der Waals surface area contributed by atoms with Gasteiger partial charge in [0.05, 0.1) is 17.6 Å². The van der Waals surface area contributed by atoms with Gasteiger partial charge in [-0.15, -0.1) is 0 Å². The molecule has 1 unspecified atom stereocenters. The van der Waals surface area contributed by atoms with E-state index in [9.17, 15) is 0 Å². The quantitative estimate of drug-likeness (QED) is 0.720. The van der Waals surface area contributed by atoms with Gasteiger partial charge < -0.3 is 4.90 Å². The van der Waals surface area contributed by atoms with Gasteiger partial charge in [0.25, 0.3) is 0 Å². The number of fused-ring (bicyclic) bond motifs is 1. The van der Waals surface area contributed by atoms with Crippen molar-refractivity contribution in [2.45, 2.75) is 51.5 Å². The lowest BCUT2D eigenvalue weighted by atomic mass is 9.76. The number of aliphatic imine (C=N–C) groups is 1. The van der Waals surface area contributed by atoms with Gasteiger partial charge in [-0.3, -0.25) is 0 Å². The molecule has 2 aromatic carbocycles. The van der Waals surface area contributed by atoms with Crippen LogP contribution < -0.4 is 0 Å². The fraction of sp³-hybridized carbons (Fsp3) is 0.409. The second-order valence-corrected chi connectivity index (χ2v) is 7.65. The minimum atomic E-state index is -0.175. The molecule has 2 aliphatic rings. The molecular formula is C22H26N2. The molecule has 0 spiro atoms. The molecule has 4 rings (SSSR count). The highest BCUT2D eigenvalue weighted by Gasteiger charge is 2.38. The Labute approximate surface area is 145 Å². The third-order valence-corrected chi connectivity index (χ3v) is 6.12. The second-order valence-electron chi connectivity index (χ2n) is 7.65. The summed E-state index contributed by atoms with van der Waals surface area (Å²) in [4.78, 5) is 7.00. The average Bonchev–Trinajstić information content (AvgIpc) is 2.52. The maximum atomic E-state index is 4.75. The zero-order valence-corrected chi connectivity index (χ0v) is 15.1. The van der Waals surface area contributed by atoms with E-state index in [4.69, 9.17) is 4.99 Å². The fourth-order valence-electron chi connectivity index (χ4n) is 4.11. The summed E-state index contributed by atoms with van der Waals surface area (Å²) in [6, 6.07) is 13.7. The van der Waals surface area contributed by atoms with Gasteiger partial charge >= 0.3 is 0 Å². The Balaban J connectivity index is 1.87. The normalized spacial score (nSPS) is 23.1. The van der Waals surface area contributed by atoms with Crippen molar-refractivity contribution in [2.24, 2.45) is 4.99 Å². The van der Waals surface area contributed by atoms with Crippen molar-refractivity contribution in [3.63, 3.8) is 0 Å². The second kappa shape index (κ2) is 5.47. The van der Waals surface area contributed by atoms with Gasteiger partial charge in [0.15, 0.2) is 0 Å². The van der Waals surface area contributed by atoms with Gasteiger partial charge in [-0.1, -0.05) is 42.3 Å². The lowest BCUT2D eigenvalue weighted by Crippen LogP contribution is -2.43. The standard InChI is InChI=1S/C22H26N2/c1-15-8-9-16(2)20(12-15)22(3)19-11-10-18(17-6-5-7-17)13-21(19)23-14-24(22)4/h8-14,17H,5-7H2,1-4H3. The Bertz CT molecular complexity index is 817. The summed E-state index contributed by atoms with van der Waals surface area (Å²) < 4.78 is 0. The average molecular weight is 318 g/mol. The first-order valence-corrected chi connectivity index (χ1v) is 8.99. The molecule has 2 aromatic rings. The summed E-state index contributed by atoms with van der Waals surface area (Å²) in [5.41, 5.74) is 7.74. The molecule has 2 heteroatoms. The number of aryl methyl sites for hydroxylation is 2. The van der Waals surface area contributed by atoms with Crippen LogP contribution in [0.2, 0.25) is 0 Å². The highest BCUT2D eigenvalue weighted by atomic mass is 15.2. The van der Waals surface area contributed by atoms with Crippen molar-refractivity contribution in [1.29, 1.82) is 0 Å². The molecule has 0 bridgehead atoms. The van der Waals surface area contributed by atoms with Crippen molar-refractivity contribution < 1.29 is 0 Å². The molecule has 1 heterocycles. The van der Waals surface area contributed by atoms with Crippen molar-refractivity contribution in [1.82, 2.24) is 4.90 Å². The van der Waals surface area contributed by atoms with E-state index in [1.165, 1.54) is 47.1 Å². The van der Waals surface area contributed by atoms with Gasteiger partial charge in [-0.25, -0.2) is 4.99 Å². The number of nitrogens with zero attached hydrogens (tertiary/aromatic N) is 2. The largest absolute Gasteiger partial charge is 0.352 e. The van der Waals surface area contributed by atoms with Crippen LogP contribution in [0, 0.1) is 13.8 Å². The minimum absolute atomic E-state index is 0.175. The van der Waals surface area contributed by atoms with Gasteiger partial charge in [-0.05, 0) is 62.3 Å². The van der Waals surface area contributed by atoms with Gasteiger partial charge in [0, 0.05) is 12.6 Å². The Morgan fingerprint density at radius 2 is 1.83 bits per heavy atom. The Kier molecular flexibility index (Phi) is 3.52. The number of hydrogen-bond acceptors (Lipinski definition) is 2. The molecule has 1 aliphatic carbocycles. The monoisotopic (exact) mass is 318 g/mol. The van der Waals surface area contributed by atoms with E-state index in [0.717, 1.165) is 11.6 Å². The van der Waals surface area contributed by atoms with Crippen molar-refractivity contribution in [3.8, 4) is 0 Å². The molecule has 1 atom stereocenters. The summed E-state index contributed by atoms with van der Waals surface area (Å²) in [5.74, 6) is 0.747. The van der Waals surface area contributed by atoms with E-state index in [-0.39, 0.29) is 5.54 Å². The van der Waals surface area contributed by atoms with E-state index >= 15 is 0 Å².